The van der Waals surface area contributed by atoms with Gasteiger partial charge < -0.3 is 5.32 Å². The summed E-state index contributed by atoms with van der Waals surface area (Å²) in [5, 5.41) is 3.04. The van der Waals surface area contributed by atoms with E-state index in [1.165, 1.54) is 5.56 Å². The highest BCUT2D eigenvalue weighted by molar-refractivity contribution is 14.1. The van der Waals surface area contributed by atoms with E-state index in [9.17, 15) is 4.79 Å². The van der Waals surface area contributed by atoms with Crippen LogP contribution >= 0.6 is 38.5 Å². The van der Waals surface area contributed by atoms with Gasteiger partial charge in [-0.25, -0.2) is 0 Å². The fraction of sp³-hybridized carbons (Fsp3) is 0.188. The van der Waals surface area contributed by atoms with Crippen LogP contribution in [0, 0.1) is 3.57 Å². The lowest BCUT2D eigenvalue weighted by atomic mass is 10.1. The van der Waals surface area contributed by atoms with E-state index in [-0.39, 0.29) is 11.9 Å². The van der Waals surface area contributed by atoms with Crippen molar-refractivity contribution in [3.63, 3.8) is 0 Å². The molecule has 104 valence electrons. The maximum atomic E-state index is 12.3. The Morgan fingerprint density at radius 2 is 1.95 bits per heavy atom. The summed E-state index contributed by atoms with van der Waals surface area (Å²) in [5.41, 5.74) is 1.90. The highest BCUT2D eigenvalue weighted by Gasteiger charge is 2.13. The second-order valence-corrected chi connectivity index (χ2v) is 6.79. The SMILES string of the molecule is CC(Cc1ccccc1)NC(=O)c1cc(I)ccc1Br. The maximum absolute atomic E-state index is 12.3. The molecule has 1 amide bonds. The molecule has 0 aliphatic carbocycles. The van der Waals surface area contributed by atoms with Crippen LogP contribution in [0.2, 0.25) is 0 Å². The first kappa shape index (κ1) is 15.5. The summed E-state index contributed by atoms with van der Waals surface area (Å²) in [6, 6.07) is 16.0. The van der Waals surface area contributed by atoms with E-state index in [2.05, 4.69) is 56.0 Å². The van der Waals surface area contributed by atoms with Gasteiger partial charge in [-0.05, 0) is 75.6 Å². The van der Waals surface area contributed by atoms with Crippen molar-refractivity contribution in [3.8, 4) is 0 Å². The lowest BCUT2D eigenvalue weighted by Crippen LogP contribution is -2.34. The van der Waals surface area contributed by atoms with Crippen molar-refractivity contribution in [3.05, 3.63) is 67.7 Å². The van der Waals surface area contributed by atoms with Gasteiger partial charge in [0.05, 0.1) is 5.56 Å². The van der Waals surface area contributed by atoms with Crippen LogP contribution in [0.5, 0.6) is 0 Å². The van der Waals surface area contributed by atoms with Crippen molar-refractivity contribution >= 4 is 44.4 Å². The van der Waals surface area contributed by atoms with Gasteiger partial charge in [0, 0.05) is 14.1 Å². The average Bonchev–Trinajstić information content (AvgIpc) is 2.42. The Morgan fingerprint density at radius 1 is 1.25 bits per heavy atom. The fourth-order valence-corrected chi connectivity index (χ4v) is 2.91. The van der Waals surface area contributed by atoms with Gasteiger partial charge in [0.1, 0.15) is 0 Å². The van der Waals surface area contributed by atoms with E-state index < -0.39 is 0 Å². The van der Waals surface area contributed by atoms with Crippen LogP contribution in [0.3, 0.4) is 0 Å². The van der Waals surface area contributed by atoms with Crippen LogP contribution in [-0.4, -0.2) is 11.9 Å². The number of carbonyl (C=O) groups is 1. The summed E-state index contributed by atoms with van der Waals surface area (Å²) < 4.78 is 1.87. The summed E-state index contributed by atoms with van der Waals surface area (Å²) >= 11 is 5.63. The first-order valence-electron chi connectivity index (χ1n) is 6.36. The molecule has 2 rings (SSSR count). The Bertz CT molecular complexity index is 601. The maximum Gasteiger partial charge on any atom is 0.252 e. The molecular weight excluding hydrogens is 429 g/mol. The smallest absolute Gasteiger partial charge is 0.252 e. The molecule has 4 heteroatoms. The molecule has 2 aromatic rings. The van der Waals surface area contributed by atoms with E-state index in [4.69, 9.17) is 0 Å². The Morgan fingerprint density at radius 3 is 2.65 bits per heavy atom. The molecule has 2 aromatic carbocycles. The van der Waals surface area contributed by atoms with E-state index in [0.29, 0.717) is 5.56 Å². The van der Waals surface area contributed by atoms with E-state index in [1.807, 2.05) is 43.3 Å². The Hall–Kier alpha value is -0.880. The van der Waals surface area contributed by atoms with Gasteiger partial charge in [0.2, 0.25) is 0 Å². The summed E-state index contributed by atoms with van der Waals surface area (Å²) in [4.78, 5) is 12.3. The molecule has 0 spiro atoms. The Labute approximate surface area is 141 Å². The number of amides is 1. The van der Waals surface area contributed by atoms with Gasteiger partial charge in [0.15, 0.2) is 0 Å². The normalized spacial score (nSPS) is 11.9. The minimum Gasteiger partial charge on any atom is -0.349 e. The largest absolute Gasteiger partial charge is 0.349 e. The number of nitrogens with one attached hydrogen (secondary N) is 1. The highest BCUT2D eigenvalue weighted by Crippen LogP contribution is 2.19. The molecule has 1 atom stereocenters. The van der Waals surface area contributed by atoms with Gasteiger partial charge >= 0.3 is 0 Å². The third-order valence-electron chi connectivity index (χ3n) is 2.94. The molecule has 1 unspecified atom stereocenters. The standard InChI is InChI=1S/C16H15BrINO/c1-11(9-12-5-3-2-4-6-12)19-16(20)14-10-13(18)7-8-15(14)17/h2-8,10-11H,9H2,1H3,(H,19,20). The van der Waals surface area contributed by atoms with Gasteiger partial charge in [-0.3, -0.25) is 4.79 Å². The first-order chi connectivity index (χ1) is 9.56. The molecular formula is C16H15BrINO. The topological polar surface area (TPSA) is 29.1 Å². The molecule has 0 saturated heterocycles. The highest BCUT2D eigenvalue weighted by atomic mass is 127. The van der Waals surface area contributed by atoms with Crippen LogP contribution in [-0.2, 0) is 6.42 Å². The van der Waals surface area contributed by atoms with Gasteiger partial charge in [-0.1, -0.05) is 30.3 Å². The molecule has 20 heavy (non-hydrogen) atoms. The molecule has 0 aromatic heterocycles. The van der Waals surface area contributed by atoms with Crippen molar-refractivity contribution in [1.29, 1.82) is 0 Å². The zero-order valence-corrected chi connectivity index (χ0v) is 14.8. The average molecular weight is 444 g/mol. The lowest BCUT2D eigenvalue weighted by Gasteiger charge is -2.15. The summed E-state index contributed by atoms with van der Waals surface area (Å²) in [6.45, 7) is 2.02. The Balaban J connectivity index is 2.02. The molecule has 0 saturated carbocycles. The van der Waals surface area contributed by atoms with Crippen molar-refractivity contribution < 1.29 is 4.79 Å². The lowest BCUT2D eigenvalue weighted by molar-refractivity contribution is 0.0939. The van der Waals surface area contributed by atoms with E-state index in [0.717, 1.165) is 14.5 Å². The van der Waals surface area contributed by atoms with Crippen molar-refractivity contribution in [2.45, 2.75) is 19.4 Å². The van der Waals surface area contributed by atoms with E-state index in [1.54, 1.807) is 0 Å². The molecule has 2 nitrogen and oxygen atoms in total. The Kier molecular flexibility index (Phi) is 5.60. The minimum atomic E-state index is -0.0428. The number of hydrogen-bond acceptors (Lipinski definition) is 1. The zero-order valence-electron chi connectivity index (χ0n) is 11.1. The molecule has 0 radical (unpaired) electrons. The summed E-state index contributed by atoms with van der Waals surface area (Å²) in [6.07, 6.45) is 0.828. The van der Waals surface area contributed by atoms with E-state index >= 15 is 0 Å². The third-order valence-corrected chi connectivity index (χ3v) is 4.30. The minimum absolute atomic E-state index is 0.0428. The first-order valence-corrected chi connectivity index (χ1v) is 8.23. The number of carbonyl (C=O) groups excluding carboxylic acids is 1. The molecule has 0 bridgehead atoms. The second-order valence-electron chi connectivity index (χ2n) is 4.69. The van der Waals surface area contributed by atoms with Gasteiger partial charge in [0.25, 0.3) is 5.91 Å². The van der Waals surface area contributed by atoms with Crippen molar-refractivity contribution in [1.82, 2.24) is 5.32 Å². The second kappa shape index (κ2) is 7.22. The van der Waals surface area contributed by atoms with Crippen molar-refractivity contribution in [2.75, 3.05) is 0 Å². The predicted molar refractivity (Wildman–Crippen MR) is 93.9 cm³/mol. The van der Waals surface area contributed by atoms with Crippen LogP contribution in [0.25, 0.3) is 0 Å². The number of rotatable bonds is 4. The van der Waals surface area contributed by atoms with Crippen LogP contribution in [0.1, 0.15) is 22.8 Å². The van der Waals surface area contributed by atoms with Crippen molar-refractivity contribution in [2.24, 2.45) is 0 Å². The monoisotopic (exact) mass is 443 g/mol. The zero-order chi connectivity index (χ0) is 14.5. The summed E-state index contributed by atoms with van der Waals surface area (Å²) in [5.74, 6) is -0.0428. The number of hydrogen-bond donors (Lipinski definition) is 1. The van der Waals surface area contributed by atoms with Gasteiger partial charge in [-0.2, -0.15) is 0 Å². The molecule has 0 aliphatic rings. The van der Waals surface area contributed by atoms with Crippen LogP contribution < -0.4 is 5.32 Å². The fourth-order valence-electron chi connectivity index (χ4n) is 1.99. The molecule has 0 aliphatic heterocycles. The molecule has 0 heterocycles. The molecule has 0 fully saturated rings. The molecule has 1 N–H and O–H groups in total. The predicted octanol–water partition coefficient (Wildman–Crippen LogP) is 4.41. The van der Waals surface area contributed by atoms with Crippen LogP contribution in [0.15, 0.2) is 53.0 Å². The number of halogens is 2. The quantitative estimate of drug-likeness (QED) is 0.696. The van der Waals surface area contributed by atoms with Crippen LogP contribution in [0.4, 0.5) is 0 Å². The van der Waals surface area contributed by atoms with Gasteiger partial charge in [-0.15, -0.1) is 0 Å². The summed E-state index contributed by atoms with van der Waals surface area (Å²) in [7, 11) is 0. The third kappa shape index (κ3) is 4.31. The number of benzene rings is 2.